The maximum absolute atomic E-state index is 7.33. The van der Waals surface area contributed by atoms with Gasteiger partial charge in [0, 0.05) is 87.7 Å². The Morgan fingerprint density at radius 1 is 0.330 bits per heavy atom. The van der Waals surface area contributed by atoms with E-state index in [9.17, 15) is 0 Å². The molecule has 0 saturated carbocycles. The molecule has 94 heavy (non-hydrogen) atoms. The van der Waals surface area contributed by atoms with E-state index >= 15 is 0 Å². The summed E-state index contributed by atoms with van der Waals surface area (Å²) in [5.74, 6) is 2.78. The standard InChI is InChI=1S/C80H67B2N9OSi2/c1-79(2)37-38-80(3,4)54-43-50(35-36-53(54)79)87-59-25-11-9-23-55(59)81-57-48-58-65(49-64(57)90(77-83-39-21-40-84-77)67-45-51(44-66(87)75(67)81)88-60-26-12-17-31-71(60)93(5,6)72-32-18-13-27-61(72)88)91(78-85-41-22-42-86-78)68-46-52(47-70-76(68)82(58)56-24-10-16-30-69(56)92-70)89-62-28-14-19-33-73(62)94(7,8)74-34-20-15-29-63(74)89/h9-36,39-49H,37-38H2,1-8H3. The minimum absolute atomic E-state index is 0.0259. The van der Waals surface area contributed by atoms with Gasteiger partial charge >= 0.3 is 0 Å². The molecule has 0 fully saturated rings. The van der Waals surface area contributed by atoms with Gasteiger partial charge in [-0.15, -0.1) is 0 Å². The van der Waals surface area contributed by atoms with Crippen LogP contribution in [0.15, 0.2) is 237 Å². The van der Waals surface area contributed by atoms with Crippen molar-refractivity contribution >= 4 is 169 Å². The minimum atomic E-state index is -2.19. The van der Waals surface area contributed by atoms with E-state index in [0.29, 0.717) is 11.9 Å². The number of rotatable bonds is 5. The van der Waals surface area contributed by atoms with Crippen LogP contribution in [0.3, 0.4) is 0 Å². The van der Waals surface area contributed by atoms with Crippen molar-refractivity contribution in [2.75, 3.05) is 24.5 Å². The maximum atomic E-state index is 7.33. The fraction of sp³-hybridized carbons (Fsp3) is 0.150. The Kier molecular flexibility index (Phi) is 11.6. The predicted octanol–water partition coefficient (Wildman–Crippen LogP) is 13.3. The Bertz CT molecular complexity index is 5140. The first-order valence-electron chi connectivity index (χ1n) is 33.1. The number of para-hydroxylation sites is 6. The molecule has 12 aromatic rings. The molecule has 0 N–H and O–H groups in total. The number of aromatic nitrogens is 4. The highest BCUT2D eigenvalue weighted by Crippen LogP contribution is 2.53. The van der Waals surface area contributed by atoms with Gasteiger partial charge in [0.15, 0.2) is 0 Å². The van der Waals surface area contributed by atoms with Crippen molar-refractivity contribution in [1.29, 1.82) is 0 Å². The molecule has 1 aliphatic carbocycles. The Hall–Kier alpha value is -10.3. The van der Waals surface area contributed by atoms with Gasteiger partial charge in [-0.25, -0.2) is 19.9 Å². The van der Waals surface area contributed by atoms with Crippen LogP contribution >= 0.6 is 0 Å². The van der Waals surface area contributed by atoms with Gasteiger partial charge in [-0.1, -0.05) is 175 Å². The summed E-state index contributed by atoms with van der Waals surface area (Å²) in [4.78, 5) is 33.2. The molecule has 0 radical (unpaired) electrons. The lowest BCUT2D eigenvalue weighted by molar-refractivity contribution is 0.332. The fourth-order valence-corrected chi connectivity index (χ4v) is 23.5. The number of nitrogens with zero attached hydrogens (tertiary/aromatic N) is 9. The molecular weight excluding hydrogens is 1180 g/mol. The lowest BCUT2D eigenvalue weighted by Gasteiger charge is -2.47. The summed E-state index contributed by atoms with van der Waals surface area (Å²) in [5, 5.41) is 5.59. The molecule has 10 nitrogen and oxygen atoms in total. The first-order chi connectivity index (χ1) is 45.7. The zero-order valence-electron chi connectivity index (χ0n) is 54.0. The summed E-state index contributed by atoms with van der Waals surface area (Å²) < 4.78 is 7.33. The Balaban J connectivity index is 0.913. The molecule has 0 spiro atoms. The first kappa shape index (κ1) is 55.4. The minimum Gasteiger partial charge on any atom is -0.458 e. The highest BCUT2D eigenvalue weighted by Gasteiger charge is 2.51. The quantitative estimate of drug-likeness (QED) is 0.156. The second-order valence-corrected chi connectivity index (χ2v) is 37.6. The zero-order valence-corrected chi connectivity index (χ0v) is 56.0. The van der Waals surface area contributed by atoms with Crippen molar-refractivity contribution in [3.8, 4) is 11.5 Å². The van der Waals surface area contributed by atoms with Crippen molar-refractivity contribution in [3.63, 3.8) is 0 Å². The molecule has 0 unspecified atom stereocenters. The lowest BCUT2D eigenvalue weighted by Crippen LogP contribution is -2.64. The SMILES string of the molecule is CC1(C)CCC(C)(C)c2cc(N3c4ccccc4B4c5cc6c(cc5N(c5ncccn5)c5cc(N7c8ccccc8[Si](C)(C)c8ccccc87)cc3c54)N(c3ncccn3)c3cc(N4c5ccccc5[Si](C)(C)c5ccccc54)cc4c3B6c3ccccc3O4)ccc21. The highest BCUT2D eigenvalue weighted by atomic mass is 28.3. The van der Waals surface area contributed by atoms with E-state index in [1.165, 1.54) is 65.5 Å². The van der Waals surface area contributed by atoms with Crippen LogP contribution in [0.2, 0.25) is 26.2 Å². The Morgan fingerprint density at radius 2 is 0.745 bits per heavy atom. The van der Waals surface area contributed by atoms with Crippen LogP contribution in [-0.4, -0.2) is 49.5 Å². The van der Waals surface area contributed by atoms with Crippen LogP contribution in [0, 0.1) is 0 Å². The second-order valence-electron chi connectivity index (χ2n) is 28.9. The van der Waals surface area contributed by atoms with Crippen LogP contribution in [0.5, 0.6) is 11.5 Å². The van der Waals surface area contributed by atoms with Gasteiger partial charge in [0.2, 0.25) is 11.9 Å². The molecule has 0 atom stereocenters. The van der Waals surface area contributed by atoms with Crippen molar-refractivity contribution in [2.45, 2.75) is 77.6 Å². The number of hydrogen-bond acceptors (Lipinski definition) is 10. The van der Waals surface area contributed by atoms with Gasteiger partial charge < -0.3 is 19.4 Å². The van der Waals surface area contributed by atoms with E-state index in [1.807, 2.05) is 36.9 Å². The smallest absolute Gasteiger partial charge is 0.256 e. The molecule has 19 rings (SSSR count). The van der Waals surface area contributed by atoms with E-state index in [-0.39, 0.29) is 24.3 Å². The molecule has 2 aromatic heterocycles. The molecule has 452 valence electrons. The molecule has 6 aliphatic heterocycles. The summed E-state index contributed by atoms with van der Waals surface area (Å²) in [5.41, 5.74) is 23.9. The van der Waals surface area contributed by atoms with E-state index in [1.54, 1.807) is 0 Å². The van der Waals surface area contributed by atoms with Gasteiger partial charge in [-0.3, -0.25) is 9.80 Å². The van der Waals surface area contributed by atoms with Crippen molar-refractivity contribution in [1.82, 2.24) is 19.9 Å². The van der Waals surface area contributed by atoms with Gasteiger partial charge in [0.1, 0.15) is 27.6 Å². The van der Waals surface area contributed by atoms with Gasteiger partial charge in [0.05, 0.1) is 17.1 Å². The number of hydrogen-bond donors (Lipinski definition) is 0. The summed E-state index contributed by atoms with van der Waals surface area (Å²) >= 11 is 0. The summed E-state index contributed by atoms with van der Waals surface area (Å²) in [6.07, 6.45) is 9.73. The fourth-order valence-electron chi connectivity index (χ4n) is 17.5. The topological polar surface area (TPSA) is 77.0 Å². The summed E-state index contributed by atoms with van der Waals surface area (Å²) in [6, 6.07) is 79.9. The van der Waals surface area contributed by atoms with Crippen LogP contribution < -0.4 is 82.8 Å². The van der Waals surface area contributed by atoms with Gasteiger partial charge in [-0.2, -0.15) is 0 Å². The number of anilines is 15. The average Bonchev–Trinajstić information content (AvgIpc) is 0.686. The van der Waals surface area contributed by atoms with Crippen LogP contribution in [0.25, 0.3) is 0 Å². The third-order valence-electron chi connectivity index (χ3n) is 22.1. The van der Waals surface area contributed by atoms with Crippen molar-refractivity contribution in [3.05, 3.63) is 248 Å². The third kappa shape index (κ3) is 7.66. The van der Waals surface area contributed by atoms with Crippen molar-refractivity contribution < 1.29 is 4.74 Å². The third-order valence-corrected chi connectivity index (χ3v) is 29.2. The summed E-state index contributed by atoms with van der Waals surface area (Å²) in [7, 11) is -4.32. The largest absolute Gasteiger partial charge is 0.458 e. The molecule has 0 bridgehead atoms. The predicted molar refractivity (Wildman–Crippen MR) is 396 cm³/mol. The van der Waals surface area contributed by atoms with E-state index in [0.717, 1.165) is 97.4 Å². The maximum Gasteiger partial charge on any atom is 0.256 e. The summed E-state index contributed by atoms with van der Waals surface area (Å²) in [6.45, 7) is 19.2. The van der Waals surface area contributed by atoms with E-state index in [2.05, 4.69) is 279 Å². The zero-order chi connectivity index (χ0) is 63.3. The van der Waals surface area contributed by atoms with Crippen molar-refractivity contribution in [2.24, 2.45) is 0 Å². The Morgan fingerprint density at radius 3 is 1.28 bits per heavy atom. The number of fused-ring (bicyclic) bond motifs is 13. The molecule has 7 aliphatic rings. The van der Waals surface area contributed by atoms with E-state index < -0.39 is 16.1 Å². The molecule has 8 heterocycles. The van der Waals surface area contributed by atoms with Crippen LogP contribution in [0.1, 0.15) is 51.7 Å². The second kappa shape index (κ2) is 19.6. The van der Waals surface area contributed by atoms with Gasteiger partial charge in [0.25, 0.3) is 13.4 Å². The molecule has 14 heteroatoms. The normalized spacial score (nSPS) is 16.9. The number of ether oxygens (including phenoxy) is 1. The highest BCUT2D eigenvalue weighted by molar-refractivity contribution is 7.04. The van der Waals surface area contributed by atoms with Crippen LogP contribution in [0.4, 0.5) is 85.8 Å². The van der Waals surface area contributed by atoms with E-state index in [4.69, 9.17) is 24.7 Å². The molecule has 10 aromatic carbocycles. The Labute approximate surface area is 552 Å². The molecule has 0 amide bonds. The number of benzene rings is 10. The lowest BCUT2D eigenvalue weighted by atomic mass is 9.30. The first-order valence-corrected chi connectivity index (χ1v) is 39.1. The van der Waals surface area contributed by atoms with Gasteiger partial charge in [-0.05, 0) is 173 Å². The average molecular weight is 1250 g/mol. The monoisotopic (exact) mass is 1250 g/mol. The molecular formula is C80H67B2N9OSi2. The molecule has 0 saturated heterocycles. The van der Waals surface area contributed by atoms with Crippen LogP contribution in [-0.2, 0) is 10.8 Å².